The van der Waals surface area contributed by atoms with Crippen LogP contribution in [0.15, 0.2) is 59.6 Å². The highest BCUT2D eigenvalue weighted by molar-refractivity contribution is 7.90. The number of benzene rings is 2. The number of hydrogen-bond donors (Lipinski definition) is 0. The third kappa shape index (κ3) is 3.40. The summed E-state index contributed by atoms with van der Waals surface area (Å²) in [7, 11) is -3.33. The fraction of sp³-hybridized carbons (Fsp3) is 0.143. The normalized spacial score (nSPS) is 11.9. The molecule has 0 spiro atoms. The van der Waals surface area contributed by atoms with Crippen LogP contribution in [-0.2, 0) is 16.5 Å². The molecule has 0 aliphatic heterocycles. The van der Waals surface area contributed by atoms with Gasteiger partial charge < -0.3 is 0 Å². The maximum Gasteiger partial charge on any atom is 0.175 e. The lowest BCUT2D eigenvalue weighted by molar-refractivity contribution is 0.479. The van der Waals surface area contributed by atoms with Gasteiger partial charge in [-0.2, -0.15) is 5.10 Å². The molecule has 8 heteroatoms. The number of sulfone groups is 1. The molecular formula is C21H17F2N3O2S. The van der Waals surface area contributed by atoms with Gasteiger partial charge in [0.05, 0.1) is 10.5 Å². The minimum atomic E-state index is -3.33. The van der Waals surface area contributed by atoms with Gasteiger partial charge in [0.25, 0.3) is 0 Å². The van der Waals surface area contributed by atoms with Crippen LogP contribution in [-0.4, -0.2) is 29.3 Å². The molecule has 0 aliphatic carbocycles. The molecule has 0 saturated heterocycles. The van der Waals surface area contributed by atoms with E-state index in [9.17, 15) is 17.2 Å². The van der Waals surface area contributed by atoms with Crippen LogP contribution in [0, 0.1) is 12.7 Å². The third-order valence-corrected chi connectivity index (χ3v) is 5.95. The first-order chi connectivity index (χ1) is 13.8. The van der Waals surface area contributed by atoms with Crippen molar-refractivity contribution in [1.29, 1.82) is 0 Å². The van der Waals surface area contributed by atoms with Crippen molar-refractivity contribution in [3.05, 3.63) is 71.8 Å². The van der Waals surface area contributed by atoms with Crippen molar-refractivity contribution in [3.63, 3.8) is 0 Å². The molecule has 0 saturated carbocycles. The Labute approximate surface area is 166 Å². The summed E-state index contributed by atoms with van der Waals surface area (Å²) in [5.74, 6) is -0.367. The van der Waals surface area contributed by atoms with Crippen LogP contribution in [0.5, 0.6) is 0 Å². The maximum atomic E-state index is 13.4. The number of alkyl halides is 1. The summed E-state index contributed by atoms with van der Waals surface area (Å²) in [6.45, 7) is 1.08. The standard InChI is InChI=1S/C21H17F2N3O2S/c1-13-16(11-22)12-24-21-19(14-3-7-17(23)8-4-14)20(25-26(13)21)15-5-9-18(10-6-15)29(2,27)28/h3-10,12H,11H2,1-2H3. The fourth-order valence-corrected chi connectivity index (χ4v) is 3.84. The highest BCUT2D eigenvalue weighted by Crippen LogP contribution is 2.35. The summed E-state index contributed by atoms with van der Waals surface area (Å²) in [6, 6.07) is 12.3. The van der Waals surface area contributed by atoms with Crippen molar-refractivity contribution >= 4 is 15.5 Å². The molecule has 0 amide bonds. The predicted octanol–water partition coefficient (Wildman–Crippen LogP) is 4.38. The Morgan fingerprint density at radius 2 is 1.62 bits per heavy atom. The number of aryl methyl sites for hydroxylation is 1. The van der Waals surface area contributed by atoms with Gasteiger partial charge in [0.2, 0.25) is 0 Å². The molecule has 0 bridgehead atoms. The lowest BCUT2D eigenvalue weighted by Gasteiger charge is -2.05. The second kappa shape index (κ2) is 7.04. The SMILES string of the molecule is Cc1c(CF)cnc2c(-c3ccc(F)cc3)c(-c3ccc(S(C)(=O)=O)cc3)nn12. The average molecular weight is 413 g/mol. The van der Waals surface area contributed by atoms with Gasteiger partial charge in [0, 0.05) is 29.3 Å². The van der Waals surface area contributed by atoms with E-state index in [0.29, 0.717) is 39.3 Å². The van der Waals surface area contributed by atoms with E-state index in [1.807, 2.05) is 0 Å². The molecule has 5 nitrogen and oxygen atoms in total. The number of hydrogen-bond acceptors (Lipinski definition) is 4. The van der Waals surface area contributed by atoms with Gasteiger partial charge in [0.1, 0.15) is 18.2 Å². The molecule has 0 N–H and O–H groups in total. The predicted molar refractivity (Wildman–Crippen MR) is 106 cm³/mol. The molecule has 0 aliphatic rings. The smallest absolute Gasteiger partial charge is 0.175 e. The van der Waals surface area contributed by atoms with Gasteiger partial charge in [0.15, 0.2) is 15.5 Å². The Hall–Kier alpha value is -3.13. The fourth-order valence-electron chi connectivity index (χ4n) is 3.21. The maximum absolute atomic E-state index is 13.4. The Bertz CT molecular complexity index is 1310. The molecule has 29 heavy (non-hydrogen) atoms. The molecule has 2 aromatic heterocycles. The van der Waals surface area contributed by atoms with Gasteiger partial charge in [-0.15, -0.1) is 0 Å². The van der Waals surface area contributed by atoms with Gasteiger partial charge in [-0.3, -0.25) is 0 Å². The first kappa shape index (κ1) is 19.2. The lowest BCUT2D eigenvalue weighted by Crippen LogP contribution is -2.00. The summed E-state index contributed by atoms with van der Waals surface area (Å²) in [6.07, 6.45) is 2.61. The van der Waals surface area contributed by atoms with E-state index in [2.05, 4.69) is 10.1 Å². The van der Waals surface area contributed by atoms with Crippen molar-refractivity contribution in [3.8, 4) is 22.4 Å². The zero-order chi connectivity index (χ0) is 20.8. The van der Waals surface area contributed by atoms with Crippen molar-refractivity contribution in [1.82, 2.24) is 14.6 Å². The minimum Gasteiger partial charge on any atom is -0.246 e. The van der Waals surface area contributed by atoms with Gasteiger partial charge in [-0.25, -0.2) is 26.7 Å². The average Bonchev–Trinajstić information content (AvgIpc) is 3.09. The van der Waals surface area contributed by atoms with Crippen molar-refractivity contribution in [2.24, 2.45) is 0 Å². The minimum absolute atomic E-state index is 0.197. The topological polar surface area (TPSA) is 64.3 Å². The molecule has 0 radical (unpaired) electrons. The largest absolute Gasteiger partial charge is 0.246 e. The first-order valence-corrected chi connectivity index (χ1v) is 10.7. The number of nitrogens with zero attached hydrogens (tertiary/aromatic N) is 3. The van der Waals surface area contributed by atoms with Crippen LogP contribution in [0.25, 0.3) is 28.0 Å². The van der Waals surface area contributed by atoms with E-state index in [1.54, 1.807) is 35.7 Å². The summed E-state index contributed by atoms with van der Waals surface area (Å²) in [5, 5.41) is 4.63. The first-order valence-electron chi connectivity index (χ1n) is 8.79. The Balaban J connectivity index is 2.00. The highest BCUT2D eigenvalue weighted by atomic mass is 32.2. The number of aromatic nitrogens is 3. The number of halogens is 2. The molecule has 4 rings (SSSR count). The molecule has 2 heterocycles. The van der Waals surface area contributed by atoms with Gasteiger partial charge in [-0.1, -0.05) is 24.3 Å². The van der Waals surface area contributed by atoms with Crippen LogP contribution in [0.2, 0.25) is 0 Å². The second-order valence-corrected chi connectivity index (χ2v) is 8.78. The monoisotopic (exact) mass is 413 g/mol. The number of fused-ring (bicyclic) bond motifs is 1. The quantitative estimate of drug-likeness (QED) is 0.498. The number of rotatable bonds is 4. The zero-order valence-corrected chi connectivity index (χ0v) is 16.5. The molecule has 0 atom stereocenters. The molecule has 148 valence electrons. The van der Waals surface area contributed by atoms with E-state index in [4.69, 9.17) is 0 Å². The highest BCUT2D eigenvalue weighted by Gasteiger charge is 2.20. The van der Waals surface area contributed by atoms with E-state index in [-0.39, 0.29) is 10.7 Å². The molecular weight excluding hydrogens is 396 g/mol. The van der Waals surface area contributed by atoms with Crippen LogP contribution in [0.3, 0.4) is 0 Å². The molecule has 0 fully saturated rings. The van der Waals surface area contributed by atoms with E-state index < -0.39 is 16.5 Å². The lowest BCUT2D eigenvalue weighted by atomic mass is 10.0. The van der Waals surface area contributed by atoms with Crippen molar-refractivity contribution < 1.29 is 17.2 Å². The summed E-state index contributed by atoms with van der Waals surface area (Å²) < 4.78 is 51.8. The van der Waals surface area contributed by atoms with Gasteiger partial charge >= 0.3 is 0 Å². The molecule has 4 aromatic rings. The van der Waals surface area contributed by atoms with Crippen LogP contribution in [0.4, 0.5) is 8.78 Å². The van der Waals surface area contributed by atoms with E-state index >= 15 is 0 Å². The molecule has 2 aromatic carbocycles. The van der Waals surface area contributed by atoms with E-state index in [1.165, 1.54) is 30.5 Å². The summed E-state index contributed by atoms with van der Waals surface area (Å²) >= 11 is 0. The summed E-state index contributed by atoms with van der Waals surface area (Å²) in [4.78, 5) is 4.58. The van der Waals surface area contributed by atoms with Crippen molar-refractivity contribution in [2.45, 2.75) is 18.5 Å². The van der Waals surface area contributed by atoms with Gasteiger partial charge in [-0.05, 0) is 36.8 Å². The second-order valence-electron chi connectivity index (χ2n) is 6.76. The van der Waals surface area contributed by atoms with E-state index in [0.717, 1.165) is 6.26 Å². The zero-order valence-electron chi connectivity index (χ0n) is 15.7. The van der Waals surface area contributed by atoms with Crippen LogP contribution >= 0.6 is 0 Å². The van der Waals surface area contributed by atoms with Crippen molar-refractivity contribution in [2.75, 3.05) is 6.26 Å². The third-order valence-electron chi connectivity index (χ3n) is 4.82. The Morgan fingerprint density at radius 1 is 1.00 bits per heavy atom. The Kier molecular flexibility index (Phi) is 4.66. The molecule has 0 unspecified atom stereocenters. The summed E-state index contributed by atoms with van der Waals surface area (Å²) in [5.41, 5.74) is 4.11. The van der Waals surface area contributed by atoms with Crippen LogP contribution < -0.4 is 0 Å². The Morgan fingerprint density at radius 3 is 2.21 bits per heavy atom. The van der Waals surface area contributed by atoms with Crippen LogP contribution in [0.1, 0.15) is 11.3 Å².